The van der Waals surface area contributed by atoms with Crippen molar-refractivity contribution in [2.75, 3.05) is 7.11 Å². The fourth-order valence-corrected chi connectivity index (χ4v) is 3.32. The number of rotatable bonds is 8. The van der Waals surface area contributed by atoms with Gasteiger partial charge in [-0.2, -0.15) is 8.78 Å². The van der Waals surface area contributed by atoms with E-state index in [1.165, 1.54) is 13.2 Å². The smallest absolute Gasteiger partial charge is 0.387 e. The molecule has 0 unspecified atom stereocenters. The van der Waals surface area contributed by atoms with E-state index in [1.807, 2.05) is 22.4 Å². The SMILES string of the molecule is COc1ccc(CNC(=O)N(Cc2cccs2)C2CC2)cc1OC(F)F. The van der Waals surface area contributed by atoms with E-state index in [4.69, 9.17) is 4.74 Å². The van der Waals surface area contributed by atoms with E-state index in [1.54, 1.807) is 23.5 Å². The summed E-state index contributed by atoms with van der Waals surface area (Å²) in [5.41, 5.74) is 0.654. The Kier molecular flexibility index (Phi) is 5.92. The fourth-order valence-electron chi connectivity index (χ4n) is 2.62. The van der Waals surface area contributed by atoms with Gasteiger partial charge in [-0.25, -0.2) is 4.79 Å². The van der Waals surface area contributed by atoms with Gasteiger partial charge in [0.05, 0.1) is 13.7 Å². The molecule has 0 bridgehead atoms. The zero-order valence-corrected chi connectivity index (χ0v) is 15.1. The lowest BCUT2D eigenvalue weighted by atomic mass is 10.2. The molecule has 1 aromatic heterocycles. The Bertz CT molecular complexity index is 736. The number of hydrogen-bond acceptors (Lipinski definition) is 4. The van der Waals surface area contributed by atoms with Crippen LogP contribution in [0.2, 0.25) is 0 Å². The highest BCUT2D eigenvalue weighted by atomic mass is 32.1. The first-order chi connectivity index (χ1) is 12.6. The molecule has 140 valence electrons. The maximum absolute atomic E-state index is 12.6. The van der Waals surface area contributed by atoms with Gasteiger partial charge in [-0.15, -0.1) is 11.3 Å². The second-order valence-electron chi connectivity index (χ2n) is 5.96. The van der Waals surface area contributed by atoms with Crippen LogP contribution < -0.4 is 14.8 Å². The molecule has 8 heteroatoms. The van der Waals surface area contributed by atoms with Gasteiger partial charge < -0.3 is 19.7 Å². The molecule has 2 amide bonds. The van der Waals surface area contributed by atoms with Crippen LogP contribution in [0.5, 0.6) is 11.5 Å². The number of methoxy groups -OCH3 is 1. The van der Waals surface area contributed by atoms with Crippen LogP contribution in [0.3, 0.4) is 0 Å². The van der Waals surface area contributed by atoms with Gasteiger partial charge in [0, 0.05) is 17.5 Å². The van der Waals surface area contributed by atoms with E-state index in [9.17, 15) is 13.6 Å². The average molecular weight is 382 g/mol. The molecule has 0 atom stereocenters. The van der Waals surface area contributed by atoms with Gasteiger partial charge in [-0.1, -0.05) is 12.1 Å². The number of alkyl halides is 2. The predicted octanol–water partition coefficient (Wildman–Crippen LogP) is 4.23. The summed E-state index contributed by atoms with van der Waals surface area (Å²) in [5, 5.41) is 4.84. The summed E-state index contributed by atoms with van der Waals surface area (Å²) in [6, 6.07) is 8.78. The molecule has 3 rings (SSSR count). The summed E-state index contributed by atoms with van der Waals surface area (Å²) < 4.78 is 34.5. The largest absolute Gasteiger partial charge is 0.493 e. The lowest BCUT2D eigenvalue weighted by Gasteiger charge is -2.22. The average Bonchev–Trinajstić information content (AvgIpc) is 3.33. The lowest BCUT2D eigenvalue weighted by molar-refractivity contribution is -0.0512. The van der Waals surface area contributed by atoms with Crippen LogP contribution in [0.25, 0.3) is 0 Å². The minimum absolute atomic E-state index is 0.0492. The maximum Gasteiger partial charge on any atom is 0.387 e. The summed E-state index contributed by atoms with van der Waals surface area (Å²) in [5.74, 6) is 0.171. The Morgan fingerprint density at radius 2 is 2.15 bits per heavy atom. The molecule has 1 aliphatic rings. The molecule has 26 heavy (non-hydrogen) atoms. The van der Waals surface area contributed by atoms with Crippen LogP contribution in [0.15, 0.2) is 35.7 Å². The molecular weight excluding hydrogens is 362 g/mol. The third-order valence-corrected chi connectivity index (χ3v) is 4.90. The minimum Gasteiger partial charge on any atom is -0.493 e. The van der Waals surface area contributed by atoms with Gasteiger partial charge in [0.1, 0.15) is 0 Å². The fraction of sp³-hybridized carbons (Fsp3) is 0.389. The number of benzene rings is 1. The Labute approximate surface area is 154 Å². The number of nitrogens with zero attached hydrogens (tertiary/aromatic N) is 1. The quantitative estimate of drug-likeness (QED) is 0.743. The number of carbonyl (C=O) groups is 1. The molecule has 1 aliphatic carbocycles. The van der Waals surface area contributed by atoms with Gasteiger partial charge in [-0.3, -0.25) is 0 Å². The normalized spacial score (nSPS) is 13.5. The minimum atomic E-state index is -2.94. The monoisotopic (exact) mass is 382 g/mol. The molecule has 5 nitrogen and oxygen atoms in total. The number of thiophene rings is 1. The highest BCUT2D eigenvalue weighted by Gasteiger charge is 2.32. The standard InChI is InChI=1S/C18H20F2N2O3S/c1-24-15-7-4-12(9-16(15)25-17(19)20)10-21-18(23)22(13-5-6-13)11-14-3-2-8-26-14/h2-4,7-9,13,17H,5-6,10-11H2,1H3,(H,21,23). The predicted molar refractivity (Wildman–Crippen MR) is 94.7 cm³/mol. The van der Waals surface area contributed by atoms with Crippen molar-refractivity contribution in [3.8, 4) is 11.5 Å². The number of halogens is 2. The molecule has 0 aliphatic heterocycles. The maximum atomic E-state index is 12.6. The molecule has 1 fully saturated rings. The van der Waals surface area contributed by atoms with Crippen molar-refractivity contribution in [1.82, 2.24) is 10.2 Å². The van der Waals surface area contributed by atoms with Crippen molar-refractivity contribution in [3.63, 3.8) is 0 Å². The lowest BCUT2D eigenvalue weighted by Crippen LogP contribution is -2.40. The molecular formula is C18H20F2N2O3S. The van der Waals surface area contributed by atoms with Crippen molar-refractivity contribution >= 4 is 17.4 Å². The van der Waals surface area contributed by atoms with E-state index >= 15 is 0 Å². The number of ether oxygens (including phenoxy) is 2. The number of nitrogens with one attached hydrogen (secondary N) is 1. The molecule has 1 heterocycles. The van der Waals surface area contributed by atoms with Gasteiger partial charge in [0.2, 0.25) is 0 Å². The summed E-state index contributed by atoms with van der Waals surface area (Å²) in [6.07, 6.45) is 2.02. The second-order valence-corrected chi connectivity index (χ2v) is 6.99. The van der Waals surface area contributed by atoms with E-state index in [-0.39, 0.29) is 30.1 Å². The van der Waals surface area contributed by atoms with Gasteiger partial charge in [0.25, 0.3) is 0 Å². The Hall–Kier alpha value is -2.35. The van der Waals surface area contributed by atoms with E-state index in [0.717, 1.165) is 17.7 Å². The summed E-state index contributed by atoms with van der Waals surface area (Å²) in [6.45, 7) is -2.14. The van der Waals surface area contributed by atoms with Crippen LogP contribution >= 0.6 is 11.3 Å². The number of hydrogen-bond donors (Lipinski definition) is 1. The third-order valence-electron chi connectivity index (χ3n) is 4.04. The van der Waals surface area contributed by atoms with Crippen LogP contribution in [-0.2, 0) is 13.1 Å². The topological polar surface area (TPSA) is 50.8 Å². The van der Waals surface area contributed by atoms with Crippen molar-refractivity contribution in [2.24, 2.45) is 0 Å². The van der Waals surface area contributed by atoms with E-state index in [2.05, 4.69) is 10.1 Å². The van der Waals surface area contributed by atoms with Crippen LogP contribution in [0.4, 0.5) is 13.6 Å². The van der Waals surface area contributed by atoms with Crippen LogP contribution in [0.1, 0.15) is 23.3 Å². The number of urea groups is 1. The van der Waals surface area contributed by atoms with Crippen LogP contribution in [-0.4, -0.2) is 30.7 Å². The van der Waals surface area contributed by atoms with Crippen LogP contribution in [0, 0.1) is 0 Å². The van der Waals surface area contributed by atoms with Gasteiger partial charge in [-0.05, 0) is 42.0 Å². The summed E-state index contributed by atoms with van der Waals surface area (Å²) in [7, 11) is 1.38. The number of carbonyl (C=O) groups excluding carboxylic acids is 1. The highest BCUT2D eigenvalue weighted by molar-refractivity contribution is 7.09. The summed E-state index contributed by atoms with van der Waals surface area (Å²) in [4.78, 5) is 15.5. The first kappa shape index (κ1) is 18.4. The van der Waals surface area contributed by atoms with Crippen molar-refractivity contribution in [3.05, 3.63) is 46.2 Å². The Morgan fingerprint density at radius 1 is 1.35 bits per heavy atom. The summed E-state index contributed by atoms with van der Waals surface area (Å²) >= 11 is 1.62. The molecule has 1 N–H and O–H groups in total. The molecule has 0 saturated heterocycles. The molecule has 1 saturated carbocycles. The van der Waals surface area contributed by atoms with Crippen molar-refractivity contribution in [2.45, 2.75) is 38.6 Å². The van der Waals surface area contributed by atoms with Gasteiger partial charge >= 0.3 is 12.6 Å². The molecule has 2 aromatic rings. The molecule has 0 spiro atoms. The second kappa shape index (κ2) is 8.35. The van der Waals surface area contributed by atoms with E-state index < -0.39 is 6.61 Å². The molecule has 0 radical (unpaired) electrons. The van der Waals surface area contributed by atoms with Gasteiger partial charge in [0.15, 0.2) is 11.5 Å². The first-order valence-corrected chi connectivity index (χ1v) is 9.13. The molecule has 1 aromatic carbocycles. The van der Waals surface area contributed by atoms with Crippen molar-refractivity contribution < 1.29 is 23.0 Å². The Morgan fingerprint density at radius 3 is 2.77 bits per heavy atom. The third kappa shape index (κ3) is 4.85. The number of amides is 2. The first-order valence-electron chi connectivity index (χ1n) is 8.25. The Balaban J connectivity index is 1.62. The zero-order chi connectivity index (χ0) is 18.5. The van der Waals surface area contributed by atoms with Crippen molar-refractivity contribution in [1.29, 1.82) is 0 Å². The highest BCUT2D eigenvalue weighted by Crippen LogP contribution is 2.31. The zero-order valence-electron chi connectivity index (χ0n) is 14.3. The van der Waals surface area contributed by atoms with E-state index in [0.29, 0.717) is 12.1 Å².